The van der Waals surface area contributed by atoms with Crippen LogP contribution in [0.4, 0.5) is 11.4 Å². The largest absolute Gasteiger partial charge is 0.309 e. The van der Waals surface area contributed by atoms with Crippen LogP contribution in [0.1, 0.15) is 27.8 Å². The molecule has 2 aromatic heterocycles. The van der Waals surface area contributed by atoms with E-state index in [2.05, 4.69) is 110 Å². The van der Waals surface area contributed by atoms with Crippen molar-refractivity contribution >= 4 is 55.0 Å². The van der Waals surface area contributed by atoms with Gasteiger partial charge < -0.3 is 9.13 Å². The predicted octanol–water partition coefficient (Wildman–Crippen LogP) is 15.4. The molecule has 0 saturated heterocycles. The molecule has 0 saturated carbocycles. The van der Waals surface area contributed by atoms with Crippen LogP contribution < -0.4 is 0 Å². The van der Waals surface area contributed by atoms with Crippen LogP contribution >= 0.6 is 0 Å². The van der Waals surface area contributed by atoms with Gasteiger partial charge in [-0.25, -0.2) is 9.69 Å². The van der Waals surface area contributed by atoms with Gasteiger partial charge in [-0.1, -0.05) is 78.9 Å². The molecule has 2 heterocycles. The summed E-state index contributed by atoms with van der Waals surface area (Å²) >= 11 is 0. The van der Waals surface area contributed by atoms with Gasteiger partial charge in [0.15, 0.2) is 11.4 Å². The van der Waals surface area contributed by atoms with Gasteiger partial charge in [-0.3, -0.25) is 0 Å². The van der Waals surface area contributed by atoms with Crippen LogP contribution in [0.25, 0.3) is 109 Å². The summed E-state index contributed by atoms with van der Waals surface area (Å²) in [5.41, 5.74) is 16.0. The van der Waals surface area contributed by atoms with Gasteiger partial charge in [0, 0.05) is 43.9 Å². The van der Waals surface area contributed by atoms with Crippen LogP contribution in [0.5, 0.6) is 0 Å². The van der Waals surface area contributed by atoms with Gasteiger partial charge in [-0.15, -0.1) is 0 Å². The zero-order valence-electron chi connectivity index (χ0n) is 36.8. The highest BCUT2D eigenvalue weighted by molar-refractivity contribution is 6.13. The predicted molar refractivity (Wildman–Crippen MR) is 273 cm³/mol. The molecule has 8 nitrogen and oxygen atoms in total. The van der Waals surface area contributed by atoms with E-state index in [0.717, 1.165) is 105 Å². The molecule has 0 radical (unpaired) electrons. The van der Waals surface area contributed by atoms with Crippen molar-refractivity contribution in [3.8, 4) is 80.2 Å². The van der Waals surface area contributed by atoms with Gasteiger partial charge in [0.25, 0.3) is 0 Å². The number of nitrogens with zero attached hydrogens (tertiary/aromatic N) is 8. The minimum Gasteiger partial charge on any atom is -0.309 e. The summed E-state index contributed by atoms with van der Waals surface area (Å²) in [6.45, 7) is 17.4. The van der Waals surface area contributed by atoms with Gasteiger partial charge >= 0.3 is 0 Å². The Morgan fingerprint density at radius 3 is 1.62 bits per heavy atom. The lowest BCUT2D eigenvalue weighted by molar-refractivity contribution is 1.17. The van der Waals surface area contributed by atoms with E-state index < -0.39 is 0 Å². The van der Waals surface area contributed by atoms with Crippen molar-refractivity contribution in [2.75, 3.05) is 0 Å². The Hall–Kier alpha value is -10.5. The Morgan fingerprint density at radius 2 is 0.971 bits per heavy atom. The quantitative estimate of drug-likeness (QED) is 0.155. The molecule has 11 aromatic rings. The number of aryl methyl sites for hydroxylation is 1. The molecule has 69 heavy (non-hydrogen) atoms. The first-order chi connectivity index (χ1) is 33.8. The molecule has 0 aliphatic carbocycles. The molecule has 316 valence electrons. The monoisotopic (exact) mass is 876 g/mol. The Morgan fingerprint density at radius 1 is 0.406 bits per heavy atom. The van der Waals surface area contributed by atoms with Crippen molar-refractivity contribution in [3.05, 3.63) is 227 Å². The molecule has 0 fully saturated rings. The lowest BCUT2D eigenvalue weighted by Crippen LogP contribution is -2.01. The van der Waals surface area contributed by atoms with Crippen LogP contribution in [-0.2, 0) is 0 Å². The van der Waals surface area contributed by atoms with Crippen molar-refractivity contribution in [1.82, 2.24) is 9.13 Å². The normalized spacial score (nSPS) is 10.9. The van der Waals surface area contributed by atoms with Crippen LogP contribution in [0.2, 0.25) is 0 Å². The molecule has 0 spiro atoms. The van der Waals surface area contributed by atoms with Gasteiger partial charge in [-0.05, 0) is 148 Å². The molecular formula is C61H32N8. The minimum absolute atomic E-state index is 0.404. The first-order valence-corrected chi connectivity index (χ1v) is 22.0. The number of benzene rings is 9. The third-order valence-corrected chi connectivity index (χ3v) is 13.0. The fourth-order valence-electron chi connectivity index (χ4n) is 9.88. The summed E-state index contributed by atoms with van der Waals surface area (Å²) < 4.78 is 4.49. The van der Waals surface area contributed by atoms with Gasteiger partial charge in [0.05, 0.1) is 76.3 Å². The van der Waals surface area contributed by atoms with Crippen molar-refractivity contribution in [2.45, 2.75) is 6.92 Å². The molecule has 0 amide bonds. The lowest BCUT2D eigenvalue weighted by Gasteiger charge is -2.20. The van der Waals surface area contributed by atoms with E-state index >= 15 is 0 Å². The molecule has 8 heteroatoms. The van der Waals surface area contributed by atoms with Crippen LogP contribution in [0.3, 0.4) is 0 Å². The maximum atomic E-state index is 10.5. The maximum Gasteiger partial charge on any atom is 0.196 e. The Bertz CT molecular complexity index is 4290. The van der Waals surface area contributed by atoms with E-state index in [1.807, 2.05) is 91.9 Å². The first kappa shape index (κ1) is 41.2. The average Bonchev–Trinajstić information content (AvgIpc) is 3.92. The third-order valence-electron chi connectivity index (χ3n) is 13.0. The van der Waals surface area contributed by atoms with Gasteiger partial charge in [0.2, 0.25) is 0 Å². The number of nitriles is 4. The van der Waals surface area contributed by atoms with Gasteiger partial charge in [0.1, 0.15) is 0 Å². The number of para-hydroxylation sites is 2. The molecule has 0 atom stereocenters. The van der Waals surface area contributed by atoms with E-state index in [-0.39, 0.29) is 0 Å². The molecule has 11 rings (SSSR count). The van der Waals surface area contributed by atoms with Crippen LogP contribution in [0.15, 0.2) is 176 Å². The zero-order valence-corrected chi connectivity index (χ0v) is 36.8. The third kappa shape index (κ3) is 6.71. The minimum atomic E-state index is 0.404. The fourth-order valence-corrected chi connectivity index (χ4v) is 9.88. The highest BCUT2D eigenvalue weighted by Gasteiger charge is 2.22. The second-order valence-corrected chi connectivity index (χ2v) is 16.8. The van der Waals surface area contributed by atoms with E-state index in [9.17, 15) is 21.0 Å². The van der Waals surface area contributed by atoms with E-state index in [4.69, 9.17) is 13.1 Å². The van der Waals surface area contributed by atoms with E-state index in [1.54, 1.807) is 24.3 Å². The van der Waals surface area contributed by atoms with Crippen molar-refractivity contribution in [1.29, 1.82) is 21.0 Å². The van der Waals surface area contributed by atoms with Crippen LogP contribution in [-0.4, -0.2) is 9.13 Å². The summed E-state index contributed by atoms with van der Waals surface area (Å²) in [5.74, 6) is 0. The average molecular weight is 877 g/mol. The summed E-state index contributed by atoms with van der Waals surface area (Å²) in [6, 6.07) is 66.4. The smallest absolute Gasteiger partial charge is 0.196 e. The number of aromatic nitrogens is 2. The number of hydrogen-bond acceptors (Lipinski definition) is 4. The topological polar surface area (TPSA) is 114 Å². The first-order valence-electron chi connectivity index (χ1n) is 22.0. The van der Waals surface area contributed by atoms with E-state index in [1.165, 1.54) is 0 Å². The van der Waals surface area contributed by atoms with E-state index in [0.29, 0.717) is 33.6 Å². The highest BCUT2D eigenvalue weighted by Crippen LogP contribution is 2.45. The van der Waals surface area contributed by atoms with Crippen molar-refractivity contribution in [3.63, 3.8) is 0 Å². The summed E-state index contributed by atoms with van der Waals surface area (Å²) in [4.78, 5) is 7.32. The zero-order chi connectivity index (χ0) is 47.3. The standard InChI is InChI=1S/C61H32N8/c1-37-26-38(33-62)12-19-46(37)49-22-18-45(68-57-10-6-4-8-50(57)54-30-41(15-24-59(54)68)47-21-17-44(66-2)29-43(47)36-65)32-52(49)53-27-39(34-63)14-23-60(53)69-58-11-7-5-9-51(58)55-31-42(16-25-61(55)69)48-20-13-40(35-64)28-56(48)67-3/h4-32H,1H3. The summed E-state index contributed by atoms with van der Waals surface area (Å²) in [6.07, 6.45) is 0. The van der Waals surface area contributed by atoms with Crippen molar-refractivity contribution < 1.29 is 0 Å². The SMILES string of the molecule is [C-]#[N+]c1ccc(-c2ccc3c(c2)c2ccccc2n3-c2ccc(-c3ccc(C#N)cc3C)c(-c3cc(C#N)ccc3-n3c4ccccc4c4cc(-c5ccc(C#N)cc5[N+]#[C-])ccc43)c2)c(C#N)c1. The molecule has 0 aliphatic rings. The number of fused-ring (bicyclic) bond motifs is 6. The Balaban J connectivity index is 1.18. The summed E-state index contributed by atoms with van der Waals surface area (Å²) in [7, 11) is 0. The molecule has 0 unspecified atom stereocenters. The molecule has 9 aromatic carbocycles. The Kier molecular flexibility index (Phi) is 9.86. The number of rotatable bonds is 6. The fraction of sp³-hybridized carbons (Fsp3) is 0.0164. The van der Waals surface area contributed by atoms with Crippen molar-refractivity contribution in [2.24, 2.45) is 0 Å². The Labute approximate surface area is 397 Å². The lowest BCUT2D eigenvalue weighted by atomic mass is 9.89. The number of hydrogen-bond donors (Lipinski definition) is 0. The highest BCUT2D eigenvalue weighted by atomic mass is 15.0. The van der Waals surface area contributed by atoms with Gasteiger partial charge in [-0.2, -0.15) is 21.0 Å². The molecule has 0 aliphatic heterocycles. The summed E-state index contributed by atoms with van der Waals surface area (Å²) in [5, 5.41) is 44.1. The second kappa shape index (κ2) is 16.5. The molecular weight excluding hydrogens is 845 g/mol. The molecule has 0 bridgehead atoms. The second-order valence-electron chi connectivity index (χ2n) is 16.8. The maximum absolute atomic E-state index is 10.5. The van der Waals surface area contributed by atoms with Crippen LogP contribution in [0, 0.1) is 65.4 Å². The molecule has 0 N–H and O–H groups in total.